The number of halogens is 4. The lowest BCUT2D eigenvalue weighted by atomic mass is 10.2. The maximum Gasteiger partial charge on any atom is 0.416 e. The molecule has 0 bridgehead atoms. The number of amidine groups is 1. The van der Waals surface area contributed by atoms with Crippen LogP contribution in [0.5, 0.6) is 11.5 Å². The van der Waals surface area contributed by atoms with E-state index in [-0.39, 0.29) is 27.9 Å². The predicted molar refractivity (Wildman–Crippen MR) is 96.1 cm³/mol. The average Bonchev–Trinajstić information content (AvgIpc) is 2.55. The van der Waals surface area contributed by atoms with E-state index in [0.717, 1.165) is 18.2 Å². The van der Waals surface area contributed by atoms with Crippen molar-refractivity contribution in [3.63, 3.8) is 0 Å². The van der Waals surface area contributed by atoms with E-state index in [1.165, 1.54) is 18.2 Å². The van der Waals surface area contributed by atoms with Crippen LogP contribution in [0.25, 0.3) is 0 Å². The third-order valence-electron chi connectivity index (χ3n) is 3.56. The van der Waals surface area contributed by atoms with Gasteiger partial charge in [-0.1, -0.05) is 11.6 Å². The summed E-state index contributed by atoms with van der Waals surface area (Å²) in [6.45, 7) is 1.67. The van der Waals surface area contributed by atoms with Crippen molar-refractivity contribution in [1.82, 2.24) is 4.90 Å². The van der Waals surface area contributed by atoms with Crippen LogP contribution >= 0.6 is 11.6 Å². The van der Waals surface area contributed by atoms with Gasteiger partial charge in [0.2, 0.25) is 0 Å². The van der Waals surface area contributed by atoms with Gasteiger partial charge in [0.1, 0.15) is 23.0 Å². The smallest absolute Gasteiger partial charge is 0.416 e. The molecule has 0 spiro atoms. The summed E-state index contributed by atoms with van der Waals surface area (Å²) in [5, 5.41) is 10.9. The molecule has 0 unspecified atom stereocenters. The Bertz CT molecular complexity index is 899. The highest BCUT2D eigenvalue weighted by molar-refractivity contribution is 6.32. The molecule has 0 aliphatic rings. The summed E-state index contributed by atoms with van der Waals surface area (Å²) < 4.78 is 43.6. The average molecular weight is 402 g/mol. The molecule has 10 heteroatoms. The monoisotopic (exact) mass is 401 g/mol. The van der Waals surface area contributed by atoms with E-state index < -0.39 is 16.7 Å². The van der Waals surface area contributed by atoms with Gasteiger partial charge in [-0.05, 0) is 31.2 Å². The number of hydrogen-bond acceptors (Lipinski definition) is 4. The molecule has 0 aliphatic carbocycles. The maximum atomic E-state index is 12.7. The molecule has 2 rings (SSSR count). The largest absolute Gasteiger partial charge is 0.456 e. The molecule has 0 aliphatic heterocycles. The van der Waals surface area contributed by atoms with Gasteiger partial charge in [-0.15, -0.1) is 0 Å². The summed E-state index contributed by atoms with van der Waals surface area (Å²) in [5.41, 5.74) is -1.09. The molecule has 0 N–H and O–H groups in total. The normalized spacial score (nSPS) is 12.0. The van der Waals surface area contributed by atoms with Gasteiger partial charge in [0.15, 0.2) is 0 Å². The van der Waals surface area contributed by atoms with Crippen molar-refractivity contribution in [3.8, 4) is 11.5 Å². The predicted octanol–water partition coefficient (Wildman–Crippen LogP) is 5.67. The van der Waals surface area contributed by atoms with Crippen LogP contribution in [0, 0.1) is 10.1 Å². The summed E-state index contributed by atoms with van der Waals surface area (Å²) in [7, 11) is 3.46. The van der Waals surface area contributed by atoms with Gasteiger partial charge < -0.3 is 9.64 Å². The number of rotatable bonds is 4. The Morgan fingerprint density at radius 3 is 2.41 bits per heavy atom. The Labute approximate surface area is 158 Å². The van der Waals surface area contributed by atoms with Gasteiger partial charge in [-0.3, -0.25) is 10.1 Å². The second kappa shape index (κ2) is 7.83. The number of nitro groups is 1. The Morgan fingerprint density at radius 1 is 1.22 bits per heavy atom. The van der Waals surface area contributed by atoms with E-state index in [4.69, 9.17) is 16.3 Å². The van der Waals surface area contributed by atoms with E-state index in [1.54, 1.807) is 25.9 Å². The summed E-state index contributed by atoms with van der Waals surface area (Å²) in [5.74, 6) is 0.646. The Kier molecular flexibility index (Phi) is 5.94. The molecule has 0 saturated carbocycles. The lowest BCUT2D eigenvalue weighted by molar-refractivity contribution is -0.384. The zero-order valence-electron chi connectivity index (χ0n) is 14.5. The highest BCUT2D eigenvalue weighted by Crippen LogP contribution is 2.38. The first-order valence-corrected chi connectivity index (χ1v) is 7.92. The van der Waals surface area contributed by atoms with Crippen molar-refractivity contribution in [2.45, 2.75) is 13.1 Å². The van der Waals surface area contributed by atoms with Crippen LogP contribution in [0.1, 0.15) is 12.5 Å². The number of aliphatic imine (C=N–C) groups is 1. The fraction of sp³-hybridized carbons (Fsp3) is 0.235. The number of nitro benzene ring substituents is 1. The van der Waals surface area contributed by atoms with Crippen LogP contribution in [-0.2, 0) is 6.18 Å². The molecule has 0 saturated heterocycles. The molecule has 0 fully saturated rings. The Balaban J connectivity index is 2.40. The van der Waals surface area contributed by atoms with Crippen molar-refractivity contribution in [2.24, 2.45) is 4.99 Å². The van der Waals surface area contributed by atoms with E-state index in [9.17, 15) is 23.3 Å². The Morgan fingerprint density at radius 2 is 1.89 bits per heavy atom. The molecule has 2 aromatic rings. The second-order valence-corrected chi connectivity index (χ2v) is 6.11. The summed E-state index contributed by atoms with van der Waals surface area (Å²) in [4.78, 5) is 16.5. The van der Waals surface area contributed by atoms with E-state index >= 15 is 0 Å². The SMILES string of the molecule is CC(=Nc1cc(Oc2ccc(C(F)(F)F)cc2Cl)ccc1[N+](=O)[O-])N(C)C. The minimum absolute atomic E-state index is 0.0159. The van der Waals surface area contributed by atoms with Gasteiger partial charge in [-0.25, -0.2) is 4.99 Å². The maximum absolute atomic E-state index is 12.7. The van der Waals surface area contributed by atoms with Crippen molar-refractivity contribution in [1.29, 1.82) is 0 Å². The lowest BCUT2D eigenvalue weighted by Crippen LogP contribution is -2.17. The number of hydrogen-bond donors (Lipinski definition) is 0. The molecule has 0 heterocycles. The summed E-state index contributed by atoms with van der Waals surface area (Å²) in [6.07, 6.45) is -4.53. The van der Waals surface area contributed by atoms with Crippen LogP contribution in [0.15, 0.2) is 41.4 Å². The molecule has 0 amide bonds. The first-order valence-electron chi connectivity index (χ1n) is 7.54. The fourth-order valence-corrected chi connectivity index (χ4v) is 2.19. The van der Waals surface area contributed by atoms with Crippen molar-refractivity contribution >= 4 is 28.8 Å². The minimum atomic E-state index is -4.53. The molecule has 6 nitrogen and oxygen atoms in total. The molecular weight excluding hydrogens is 387 g/mol. The van der Waals surface area contributed by atoms with Crippen LogP contribution in [0.4, 0.5) is 24.5 Å². The van der Waals surface area contributed by atoms with Crippen LogP contribution in [-0.4, -0.2) is 29.8 Å². The highest BCUT2D eigenvalue weighted by atomic mass is 35.5. The van der Waals surface area contributed by atoms with Crippen LogP contribution in [0.2, 0.25) is 5.02 Å². The van der Waals surface area contributed by atoms with Crippen molar-refractivity contribution < 1.29 is 22.8 Å². The second-order valence-electron chi connectivity index (χ2n) is 5.71. The third-order valence-corrected chi connectivity index (χ3v) is 3.86. The van der Waals surface area contributed by atoms with E-state index in [2.05, 4.69) is 4.99 Å². The van der Waals surface area contributed by atoms with Crippen molar-refractivity contribution in [2.75, 3.05) is 14.1 Å². The molecular formula is C17H15ClF3N3O3. The number of ether oxygens (including phenoxy) is 1. The highest BCUT2D eigenvalue weighted by Gasteiger charge is 2.31. The molecule has 0 radical (unpaired) electrons. The fourth-order valence-electron chi connectivity index (χ4n) is 1.97. The molecule has 0 aromatic heterocycles. The Hall–Kier alpha value is -2.81. The quantitative estimate of drug-likeness (QED) is 0.286. The first kappa shape index (κ1) is 20.5. The first-order chi connectivity index (χ1) is 12.5. The minimum Gasteiger partial charge on any atom is -0.456 e. The molecule has 144 valence electrons. The van der Waals surface area contributed by atoms with Gasteiger partial charge in [-0.2, -0.15) is 13.2 Å². The zero-order valence-corrected chi connectivity index (χ0v) is 15.3. The molecule has 0 atom stereocenters. The standard InChI is InChI=1S/C17H15ClF3N3O3/c1-10(23(2)3)22-14-9-12(5-6-15(14)24(25)26)27-16-7-4-11(8-13(16)18)17(19,20)21/h4-9H,1-3H3. The molecule has 2 aromatic carbocycles. The van der Waals surface area contributed by atoms with Crippen LogP contribution in [0.3, 0.4) is 0 Å². The van der Waals surface area contributed by atoms with Crippen molar-refractivity contribution in [3.05, 3.63) is 57.1 Å². The van der Waals surface area contributed by atoms with Gasteiger partial charge in [0.25, 0.3) is 5.69 Å². The number of nitrogens with zero attached hydrogens (tertiary/aromatic N) is 3. The van der Waals surface area contributed by atoms with E-state index in [0.29, 0.717) is 5.84 Å². The summed E-state index contributed by atoms with van der Waals surface area (Å²) in [6, 6.07) is 6.50. The van der Waals surface area contributed by atoms with Gasteiger partial charge >= 0.3 is 6.18 Å². The lowest BCUT2D eigenvalue weighted by Gasteiger charge is -2.13. The van der Waals surface area contributed by atoms with Gasteiger partial charge in [0, 0.05) is 26.2 Å². The van der Waals surface area contributed by atoms with E-state index in [1.807, 2.05) is 0 Å². The third kappa shape index (κ3) is 5.10. The number of benzene rings is 2. The van der Waals surface area contributed by atoms with Gasteiger partial charge in [0.05, 0.1) is 15.5 Å². The topological polar surface area (TPSA) is 68.0 Å². The molecule has 27 heavy (non-hydrogen) atoms. The number of alkyl halides is 3. The zero-order chi connectivity index (χ0) is 20.4. The summed E-state index contributed by atoms with van der Waals surface area (Å²) >= 11 is 5.87. The van der Waals surface area contributed by atoms with Crippen LogP contribution < -0.4 is 4.74 Å².